The van der Waals surface area contributed by atoms with Crippen LogP contribution in [0.1, 0.15) is 22.6 Å². The summed E-state index contributed by atoms with van der Waals surface area (Å²) in [4.78, 5) is 14.5. The molecule has 0 aliphatic carbocycles. The van der Waals surface area contributed by atoms with Gasteiger partial charge in [-0.3, -0.25) is 0 Å². The molecule has 0 aliphatic rings. The van der Waals surface area contributed by atoms with E-state index in [1.807, 2.05) is 42.7 Å². The Hall–Kier alpha value is -3.46. The number of aromatic nitrogens is 5. The highest BCUT2D eigenvalue weighted by Crippen LogP contribution is 2.26. The summed E-state index contributed by atoms with van der Waals surface area (Å²) in [5.74, 6) is 1.30. The summed E-state index contributed by atoms with van der Waals surface area (Å²) in [5, 5.41) is 18.7. The SMILES string of the molecule is COc1ccc(/C=N/OCc2nc3c4c(C)c(C)n(CCO)c4ncn3n2)cc1. The molecule has 0 saturated heterocycles. The molecule has 0 amide bonds. The van der Waals surface area contributed by atoms with Crippen LogP contribution in [0.2, 0.25) is 0 Å². The monoisotopic (exact) mass is 394 g/mol. The third-order valence-electron chi connectivity index (χ3n) is 4.90. The Bertz CT molecular complexity index is 1180. The van der Waals surface area contributed by atoms with Crippen LogP contribution in [-0.2, 0) is 18.0 Å². The first-order chi connectivity index (χ1) is 14.1. The number of nitrogens with zero attached hydrogens (tertiary/aromatic N) is 6. The number of rotatable bonds is 7. The number of hydrogen-bond acceptors (Lipinski definition) is 7. The van der Waals surface area contributed by atoms with Crippen LogP contribution in [0.25, 0.3) is 16.7 Å². The molecule has 1 N–H and O–H groups in total. The topological polar surface area (TPSA) is 99.1 Å². The highest BCUT2D eigenvalue weighted by molar-refractivity contribution is 5.93. The summed E-state index contributed by atoms with van der Waals surface area (Å²) in [7, 11) is 1.63. The Morgan fingerprint density at radius 2 is 1.97 bits per heavy atom. The minimum atomic E-state index is 0.0505. The van der Waals surface area contributed by atoms with Gasteiger partial charge in [-0.15, -0.1) is 5.10 Å². The molecule has 0 saturated carbocycles. The lowest BCUT2D eigenvalue weighted by Gasteiger charge is -2.04. The molecule has 1 aromatic carbocycles. The maximum Gasteiger partial charge on any atom is 0.192 e. The summed E-state index contributed by atoms with van der Waals surface area (Å²) in [6, 6.07) is 7.49. The van der Waals surface area contributed by atoms with E-state index in [2.05, 4.69) is 20.2 Å². The van der Waals surface area contributed by atoms with E-state index >= 15 is 0 Å². The molecule has 150 valence electrons. The van der Waals surface area contributed by atoms with Crippen molar-refractivity contribution in [3.05, 3.63) is 53.2 Å². The molecule has 3 aromatic heterocycles. The van der Waals surface area contributed by atoms with Gasteiger partial charge in [-0.1, -0.05) is 5.16 Å². The zero-order chi connectivity index (χ0) is 20.4. The first-order valence-electron chi connectivity index (χ1n) is 9.22. The molecule has 0 aliphatic heterocycles. The number of hydrogen-bond donors (Lipinski definition) is 1. The number of oxime groups is 1. The Kier molecular flexibility index (Phi) is 5.13. The highest BCUT2D eigenvalue weighted by Gasteiger charge is 2.17. The molecule has 0 bridgehead atoms. The second-order valence-corrected chi connectivity index (χ2v) is 6.61. The Balaban J connectivity index is 1.55. The maximum atomic E-state index is 9.34. The molecule has 4 aromatic rings. The number of aliphatic hydroxyl groups is 1. The van der Waals surface area contributed by atoms with Gasteiger partial charge in [0.15, 0.2) is 18.1 Å². The number of fused-ring (bicyclic) bond motifs is 3. The summed E-state index contributed by atoms with van der Waals surface area (Å²) >= 11 is 0. The van der Waals surface area contributed by atoms with Crippen LogP contribution in [0.15, 0.2) is 35.7 Å². The molecule has 4 rings (SSSR count). The van der Waals surface area contributed by atoms with Crippen LogP contribution >= 0.6 is 0 Å². The van der Waals surface area contributed by atoms with Crippen LogP contribution in [0.3, 0.4) is 0 Å². The zero-order valence-electron chi connectivity index (χ0n) is 16.5. The van der Waals surface area contributed by atoms with Gasteiger partial charge in [0, 0.05) is 12.2 Å². The van der Waals surface area contributed by atoms with Crippen molar-refractivity contribution in [1.29, 1.82) is 0 Å². The third-order valence-corrected chi connectivity index (χ3v) is 4.90. The molecule has 9 nitrogen and oxygen atoms in total. The summed E-state index contributed by atoms with van der Waals surface area (Å²) in [6.07, 6.45) is 3.25. The summed E-state index contributed by atoms with van der Waals surface area (Å²) < 4.78 is 8.77. The van der Waals surface area contributed by atoms with Crippen LogP contribution < -0.4 is 4.74 Å². The predicted octanol–water partition coefficient (Wildman–Crippen LogP) is 2.25. The summed E-state index contributed by atoms with van der Waals surface area (Å²) in [6.45, 7) is 4.72. The molecular formula is C20H22N6O3. The van der Waals surface area contributed by atoms with E-state index in [4.69, 9.17) is 9.57 Å². The standard InChI is InChI=1S/C20H22N6O3/c1-13-14(2)25(8-9-27)19-18(13)20-23-17(24-26(20)12-21-19)11-29-22-10-15-4-6-16(28-3)7-5-15/h4-7,10,12,27H,8-9,11H2,1-3H3/b22-10+. The van der Waals surface area contributed by atoms with Crippen molar-refractivity contribution in [2.45, 2.75) is 27.0 Å². The van der Waals surface area contributed by atoms with Gasteiger partial charge in [0.05, 0.1) is 25.3 Å². The van der Waals surface area contributed by atoms with E-state index in [1.165, 1.54) is 0 Å². The lowest BCUT2D eigenvalue weighted by atomic mass is 10.2. The predicted molar refractivity (Wildman–Crippen MR) is 108 cm³/mol. The lowest BCUT2D eigenvalue weighted by molar-refractivity contribution is 0.126. The average Bonchev–Trinajstić information content (AvgIpc) is 3.26. The Morgan fingerprint density at radius 1 is 1.17 bits per heavy atom. The van der Waals surface area contributed by atoms with E-state index in [0.717, 1.165) is 33.6 Å². The van der Waals surface area contributed by atoms with Gasteiger partial charge in [0.2, 0.25) is 0 Å². The second-order valence-electron chi connectivity index (χ2n) is 6.61. The average molecular weight is 394 g/mol. The van der Waals surface area contributed by atoms with Crippen LogP contribution in [-0.4, -0.2) is 49.2 Å². The Labute approximate surface area is 167 Å². The molecule has 0 radical (unpaired) electrons. The van der Waals surface area contributed by atoms with E-state index in [0.29, 0.717) is 18.0 Å². The van der Waals surface area contributed by atoms with Gasteiger partial charge in [-0.2, -0.15) is 0 Å². The zero-order valence-corrected chi connectivity index (χ0v) is 16.5. The largest absolute Gasteiger partial charge is 0.497 e. The van der Waals surface area contributed by atoms with Crippen molar-refractivity contribution >= 4 is 22.9 Å². The van der Waals surface area contributed by atoms with Gasteiger partial charge < -0.3 is 19.2 Å². The molecule has 0 atom stereocenters. The van der Waals surface area contributed by atoms with Crippen molar-refractivity contribution in [3.8, 4) is 5.75 Å². The van der Waals surface area contributed by atoms with E-state index < -0.39 is 0 Å². The van der Waals surface area contributed by atoms with Gasteiger partial charge in [0.1, 0.15) is 17.7 Å². The molecule has 0 fully saturated rings. The summed E-state index contributed by atoms with van der Waals surface area (Å²) in [5.41, 5.74) is 4.53. The minimum Gasteiger partial charge on any atom is -0.497 e. The number of ether oxygens (including phenoxy) is 1. The van der Waals surface area contributed by atoms with Crippen molar-refractivity contribution in [3.63, 3.8) is 0 Å². The molecule has 29 heavy (non-hydrogen) atoms. The van der Waals surface area contributed by atoms with Gasteiger partial charge in [-0.25, -0.2) is 14.5 Å². The Morgan fingerprint density at radius 3 is 2.69 bits per heavy atom. The lowest BCUT2D eigenvalue weighted by Crippen LogP contribution is -2.05. The fourth-order valence-corrected chi connectivity index (χ4v) is 3.29. The molecule has 0 spiro atoms. The normalized spacial score (nSPS) is 11.7. The van der Waals surface area contributed by atoms with Crippen LogP contribution in [0.4, 0.5) is 0 Å². The van der Waals surface area contributed by atoms with Crippen molar-refractivity contribution < 1.29 is 14.7 Å². The van der Waals surface area contributed by atoms with Crippen molar-refractivity contribution in [2.75, 3.05) is 13.7 Å². The molecule has 3 heterocycles. The quantitative estimate of drug-likeness (QED) is 0.381. The van der Waals surface area contributed by atoms with E-state index in [-0.39, 0.29) is 13.2 Å². The maximum absolute atomic E-state index is 9.34. The highest BCUT2D eigenvalue weighted by atomic mass is 16.6. The molecule has 9 heteroatoms. The number of methoxy groups -OCH3 is 1. The van der Waals surface area contributed by atoms with Crippen LogP contribution in [0.5, 0.6) is 5.75 Å². The first-order valence-corrected chi connectivity index (χ1v) is 9.22. The van der Waals surface area contributed by atoms with Gasteiger partial charge in [-0.05, 0) is 49.2 Å². The van der Waals surface area contributed by atoms with Crippen molar-refractivity contribution in [1.82, 2.24) is 24.1 Å². The van der Waals surface area contributed by atoms with Gasteiger partial charge in [0.25, 0.3) is 0 Å². The van der Waals surface area contributed by atoms with E-state index in [1.54, 1.807) is 24.2 Å². The van der Waals surface area contributed by atoms with Crippen LogP contribution in [0, 0.1) is 13.8 Å². The molecular weight excluding hydrogens is 372 g/mol. The second kappa shape index (κ2) is 7.88. The smallest absolute Gasteiger partial charge is 0.192 e. The fourth-order valence-electron chi connectivity index (χ4n) is 3.29. The number of benzene rings is 1. The minimum absolute atomic E-state index is 0.0505. The molecule has 0 unspecified atom stereocenters. The number of aryl methyl sites for hydroxylation is 1. The van der Waals surface area contributed by atoms with Crippen molar-refractivity contribution in [2.24, 2.45) is 5.16 Å². The number of aliphatic hydroxyl groups excluding tert-OH is 1. The van der Waals surface area contributed by atoms with Gasteiger partial charge >= 0.3 is 0 Å². The van der Waals surface area contributed by atoms with E-state index in [9.17, 15) is 5.11 Å². The fraction of sp³-hybridized carbons (Fsp3) is 0.300. The third kappa shape index (κ3) is 3.52. The first kappa shape index (κ1) is 18.9.